The maximum absolute atomic E-state index is 13.4. The van der Waals surface area contributed by atoms with Gasteiger partial charge in [0.15, 0.2) is 0 Å². The number of hydrogen-bond donors (Lipinski definition) is 3. The standard InChI is InChI=1S/C27H43N3O7/c1-7-9-10-11-16-30(22(32)18-29-26(35)37-27(4,5)6)24(20-12-13-21(31)19(3)17-20)25(34)28-15-14-23(33)36-8-2/h12-13,17,24,31H,7-11,14-16,18H2,1-6H3,(H,28,34)(H,29,35). The predicted octanol–water partition coefficient (Wildman–Crippen LogP) is 3.74. The van der Waals surface area contributed by atoms with Gasteiger partial charge in [-0.25, -0.2) is 4.79 Å². The van der Waals surface area contributed by atoms with Crippen molar-refractivity contribution in [3.8, 4) is 5.75 Å². The number of benzene rings is 1. The minimum absolute atomic E-state index is 0.00838. The second-order valence-corrected chi connectivity index (χ2v) is 9.80. The van der Waals surface area contributed by atoms with Crippen molar-refractivity contribution >= 4 is 23.9 Å². The Hall–Kier alpha value is -3.30. The third kappa shape index (κ3) is 12.0. The molecule has 0 fully saturated rings. The van der Waals surface area contributed by atoms with Crippen LogP contribution in [0.4, 0.5) is 4.79 Å². The Morgan fingerprint density at radius 1 is 1.05 bits per heavy atom. The Morgan fingerprint density at radius 3 is 2.35 bits per heavy atom. The normalized spacial score (nSPS) is 11.8. The fourth-order valence-corrected chi connectivity index (χ4v) is 3.61. The van der Waals surface area contributed by atoms with E-state index >= 15 is 0 Å². The van der Waals surface area contributed by atoms with Crippen LogP contribution in [-0.2, 0) is 23.9 Å². The highest BCUT2D eigenvalue weighted by atomic mass is 16.6. The highest BCUT2D eigenvalue weighted by Crippen LogP contribution is 2.27. The third-order valence-corrected chi connectivity index (χ3v) is 5.39. The first-order chi connectivity index (χ1) is 17.4. The molecule has 10 nitrogen and oxygen atoms in total. The summed E-state index contributed by atoms with van der Waals surface area (Å²) in [6.07, 6.45) is 2.77. The average Bonchev–Trinajstić information content (AvgIpc) is 2.80. The van der Waals surface area contributed by atoms with E-state index in [0.717, 1.165) is 19.3 Å². The lowest BCUT2D eigenvalue weighted by Crippen LogP contribution is -2.48. The molecule has 3 N–H and O–H groups in total. The quantitative estimate of drug-likeness (QED) is 0.251. The van der Waals surface area contributed by atoms with Crippen molar-refractivity contribution in [1.29, 1.82) is 0 Å². The zero-order chi connectivity index (χ0) is 28.0. The van der Waals surface area contributed by atoms with E-state index in [1.54, 1.807) is 46.8 Å². The van der Waals surface area contributed by atoms with E-state index in [0.29, 0.717) is 17.5 Å². The van der Waals surface area contributed by atoms with E-state index < -0.39 is 35.5 Å². The molecule has 0 spiro atoms. The monoisotopic (exact) mass is 521 g/mol. The predicted molar refractivity (Wildman–Crippen MR) is 140 cm³/mol. The van der Waals surface area contributed by atoms with E-state index in [4.69, 9.17) is 9.47 Å². The molecule has 0 saturated heterocycles. The van der Waals surface area contributed by atoms with Gasteiger partial charge in [0, 0.05) is 13.1 Å². The second-order valence-electron chi connectivity index (χ2n) is 9.80. The van der Waals surface area contributed by atoms with Gasteiger partial charge in [0.2, 0.25) is 11.8 Å². The van der Waals surface area contributed by atoms with E-state index in [1.165, 1.54) is 11.0 Å². The molecule has 3 amide bonds. The van der Waals surface area contributed by atoms with E-state index in [1.807, 2.05) is 0 Å². The third-order valence-electron chi connectivity index (χ3n) is 5.39. The summed E-state index contributed by atoms with van der Waals surface area (Å²) in [5.74, 6) is -1.30. The maximum Gasteiger partial charge on any atom is 0.408 e. The van der Waals surface area contributed by atoms with Gasteiger partial charge >= 0.3 is 12.1 Å². The van der Waals surface area contributed by atoms with Crippen molar-refractivity contribution in [2.75, 3.05) is 26.2 Å². The molecule has 0 aliphatic heterocycles. The molecule has 0 heterocycles. The molecule has 1 aromatic carbocycles. The average molecular weight is 522 g/mol. The summed E-state index contributed by atoms with van der Waals surface area (Å²) in [4.78, 5) is 52.1. The van der Waals surface area contributed by atoms with Crippen LogP contribution in [0.3, 0.4) is 0 Å². The van der Waals surface area contributed by atoms with E-state index in [2.05, 4.69) is 17.6 Å². The van der Waals surface area contributed by atoms with Crippen molar-refractivity contribution in [2.45, 2.75) is 85.3 Å². The maximum atomic E-state index is 13.4. The summed E-state index contributed by atoms with van der Waals surface area (Å²) in [5, 5.41) is 15.2. The van der Waals surface area contributed by atoms with Crippen molar-refractivity contribution in [3.05, 3.63) is 29.3 Å². The number of esters is 1. The summed E-state index contributed by atoms with van der Waals surface area (Å²) >= 11 is 0. The Labute approximate surface area is 220 Å². The SMILES string of the molecule is CCCCCCN(C(=O)CNC(=O)OC(C)(C)C)C(C(=O)NCCC(=O)OCC)c1ccc(O)c(C)c1. The van der Waals surface area contributed by atoms with Gasteiger partial charge in [-0.15, -0.1) is 0 Å². The zero-order valence-electron chi connectivity index (χ0n) is 23.0. The lowest BCUT2D eigenvalue weighted by molar-refractivity contribution is -0.143. The number of amides is 3. The Balaban J connectivity index is 3.21. The first-order valence-corrected chi connectivity index (χ1v) is 12.9. The van der Waals surface area contributed by atoms with Crippen LogP contribution in [0.5, 0.6) is 5.75 Å². The van der Waals surface area contributed by atoms with Gasteiger partial charge in [-0.2, -0.15) is 0 Å². The molecule has 0 saturated carbocycles. The molecule has 1 aromatic rings. The number of carbonyl (C=O) groups is 4. The second kappa shape index (κ2) is 15.7. The fourth-order valence-electron chi connectivity index (χ4n) is 3.61. The van der Waals surface area contributed by atoms with Gasteiger partial charge in [-0.1, -0.05) is 32.3 Å². The van der Waals surface area contributed by atoms with Crippen molar-refractivity contribution < 1.29 is 33.8 Å². The molecule has 37 heavy (non-hydrogen) atoms. The molecule has 10 heteroatoms. The fraction of sp³-hybridized carbons (Fsp3) is 0.630. The van der Waals surface area contributed by atoms with Gasteiger partial charge in [0.1, 0.15) is 23.9 Å². The van der Waals surface area contributed by atoms with Crippen LogP contribution in [0.1, 0.15) is 83.9 Å². The number of hydrogen-bond acceptors (Lipinski definition) is 7. The Bertz CT molecular complexity index is 912. The largest absolute Gasteiger partial charge is 0.508 e. The molecule has 0 aliphatic rings. The smallest absolute Gasteiger partial charge is 0.408 e. The Morgan fingerprint density at radius 2 is 1.76 bits per heavy atom. The summed E-state index contributed by atoms with van der Waals surface area (Å²) < 4.78 is 10.1. The van der Waals surface area contributed by atoms with Crippen LogP contribution in [0, 0.1) is 6.92 Å². The number of ether oxygens (including phenoxy) is 2. The van der Waals surface area contributed by atoms with Crippen LogP contribution in [0.2, 0.25) is 0 Å². The number of rotatable bonds is 14. The summed E-state index contributed by atoms with van der Waals surface area (Å²) in [6, 6.07) is 3.68. The molecule has 0 radical (unpaired) electrons. The number of aryl methyl sites for hydroxylation is 1. The van der Waals surface area contributed by atoms with E-state index in [9.17, 15) is 24.3 Å². The van der Waals surface area contributed by atoms with Crippen LogP contribution in [0.15, 0.2) is 18.2 Å². The molecule has 0 aromatic heterocycles. The first-order valence-electron chi connectivity index (χ1n) is 12.9. The molecule has 1 unspecified atom stereocenters. The highest BCUT2D eigenvalue weighted by Gasteiger charge is 2.32. The van der Waals surface area contributed by atoms with Crippen LogP contribution < -0.4 is 10.6 Å². The topological polar surface area (TPSA) is 134 Å². The van der Waals surface area contributed by atoms with Crippen molar-refractivity contribution in [2.24, 2.45) is 0 Å². The molecular formula is C27H43N3O7. The van der Waals surface area contributed by atoms with Gasteiger partial charge in [0.25, 0.3) is 0 Å². The molecule has 208 valence electrons. The number of carbonyl (C=O) groups excluding carboxylic acids is 4. The van der Waals surface area contributed by atoms with Gasteiger partial charge in [-0.05, 0) is 64.3 Å². The number of unbranched alkanes of at least 4 members (excludes halogenated alkanes) is 3. The van der Waals surface area contributed by atoms with Crippen LogP contribution in [0.25, 0.3) is 0 Å². The van der Waals surface area contributed by atoms with Gasteiger partial charge < -0.3 is 30.1 Å². The molecule has 0 bridgehead atoms. The Kier molecular flexibility index (Phi) is 13.5. The summed E-state index contributed by atoms with van der Waals surface area (Å²) in [5.41, 5.74) is 0.329. The van der Waals surface area contributed by atoms with E-state index in [-0.39, 0.29) is 38.4 Å². The lowest BCUT2D eigenvalue weighted by atomic mass is 10.0. The van der Waals surface area contributed by atoms with Crippen molar-refractivity contribution in [1.82, 2.24) is 15.5 Å². The number of alkyl carbamates (subject to hydrolysis) is 1. The number of phenols is 1. The molecular weight excluding hydrogens is 478 g/mol. The number of nitrogens with zero attached hydrogens (tertiary/aromatic N) is 1. The number of aromatic hydroxyl groups is 1. The number of nitrogens with one attached hydrogen (secondary N) is 2. The van der Waals surface area contributed by atoms with Crippen molar-refractivity contribution in [3.63, 3.8) is 0 Å². The number of phenolic OH excluding ortho intramolecular Hbond substituents is 1. The minimum atomic E-state index is -1.03. The zero-order valence-corrected chi connectivity index (χ0v) is 23.0. The van der Waals surface area contributed by atoms with Crippen LogP contribution >= 0.6 is 0 Å². The summed E-state index contributed by atoms with van der Waals surface area (Å²) in [7, 11) is 0. The minimum Gasteiger partial charge on any atom is -0.508 e. The first kappa shape index (κ1) is 31.7. The lowest BCUT2D eigenvalue weighted by Gasteiger charge is -2.32. The van der Waals surface area contributed by atoms with Crippen LogP contribution in [-0.4, -0.2) is 65.7 Å². The molecule has 0 aliphatic carbocycles. The molecule has 1 rings (SSSR count). The molecule has 1 atom stereocenters. The van der Waals surface area contributed by atoms with Gasteiger partial charge in [0.05, 0.1) is 13.0 Å². The summed E-state index contributed by atoms with van der Waals surface area (Å²) in [6.45, 7) is 10.9. The highest BCUT2D eigenvalue weighted by molar-refractivity contribution is 5.90. The van der Waals surface area contributed by atoms with Gasteiger partial charge in [-0.3, -0.25) is 14.4 Å².